The van der Waals surface area contributed by atoms with Crippen LogP contribution in [0.1, 0.15) is 36.3 Å². The van der Waals surface area contributed by atoms with Crippen LogP contribution < -0.4 is 10.2 Å². The second-order valence-electron chi connectivity index (χ2n) is 7.84. The molecule has 1 aliphatic carbocycles. The smallest absolute Gasteiger partial charge is 0.224 e. The second-order valence-corrected chi connectivity index (χ2v) is 7.84. The van der Waals surface area contributed by atoms with Crippen LogP contribution in [-0.2, 0) is 11.3 Å². The Hall–Kier alpha value is -2.54. The fourth-order valence-corrected chi connectivity index (χ4v) is 3.94. The Morgan fingerprint density at radius 2 is 1.79 bits per heavy atom. The van der Waals surface area contributed by atoms with Crippen LogP contribution >= 0.6 is 0 Å². The lowest BCUT2D eigenvalue weighted by atomic mass is 10.1. The Labute approximate surface area is 167 Å². The van der Waals surface area contributed by atoms with Gasteiger partial charge in [-0.2, -0.15) is 0 Å². The third-order valence-corrected chi connectivity index (χ3v) is 5.78. The number of nitrogens with one attached hydrogen (secondary N) is 1. The summed E-state index contributed by atoms with van der Waals surface area (Å²) in [5, 5.41) is 12.4. The van der Waals surface area contributed by atoms with E-state index in [0.29, 0.717) is 49.2 Å². The van der Waals surface area contributed by atoms with Crippen LogP contribution in [0.2, 0.25) is 0 Å². The molecule has 2 aromatic carbocycles. The minimum Gasteiger partial charge on any atom is -0.393 e. The van der Waals surface area contributed by atoms with E-state index in [1.165, 1.54) is 12.1 Å². The number of nitrogens with zero attached hydrogens (tertiary/aromatic N) is 1. The summed E-state index contributed by atoms with van der Waals surface area (Å²) in [6.45, 7) is 1.43. The van der Waals surface area contributed by atoms with Gasteiger partial charge in [-0.3, -0.25) is 4.79 Å². The molecule has 7 heteroatoms. The number of piperidine rings is 1. The van der Waals surface area contributed by atoms with Crippen molar-refractivity contribution < 1.29 is 23.1 Å². The van der Waals surface area contributed by atoms with Crippen molar-refractivity contribution in [3.63, 3.8) is 0 Å². The minimum atomic E-state index is -0.910. The molecule has 1 saturated carbocycles. The fraction of sp³-hybridized carbons (Fsp3) is 0.409. The Bertz CT molecular complexity index is 913. The Balaban J connectivity index is 1.32. The molecule has 2 aromatic rings. The number of amides is 1. The summed E-state index contributed by atoms with van der Waals surface area (Å²) in [6, 6.07) is 8.62. The molecule has 0 spiro atoms. The van der Waals surface area contributed by atoms with E-state index in [1.54, 1.807) is 12.1 Å². The summed E-state index contributed by atoms with van der Waals surface area (Å²) in [6.07, 6.45) is 1.52. The van der Waals surface area contributed by atoms with Crippen LogP contribution in [0, 0.1) is 23.4 Å². The van der Waals surface area contributed by atoms with Crippen molar-refractivity contribution in [2.75, 3.05) is 18.0 Å². The van der Waals surface area contributed by atoms with Gasteiger partial charge in [0.25, 0.3) is 0 Å². The molecule has 0 bridgehead atoms. The van der Waals surface area contributed by atoms with Gasteiger partial charge in [0.2, 0.25) is 5.91 Å². The Morgan fingerprint density at radius 1 is 1.03 bits per heavy atom. The first-order valence-corrected chi connectivity index (χ1v) is 9.86. The molecule has 0 unspecified atom stereocenters. The molecular weight excluding hydrogens is 381 g/mol. The number of anilines is 1. The molecule has 4 rings (SSSR count). The highest BCUT2D eigenvalue weighted by Crippen LogP contribution is 2.47. The van der Waals surface area contributed by atoms with Crippen LogP contribution in [-0.4, -0.2) is 30.2 Å². The van der Waals surface area contributed by atoms with E-state index >= 15 is 0 Å². The van der Waals surface area contributed by atoms with Crippen molar-refractivity contribution in [2.45, 2.75) is 37.8 Å². The van der Waals surface area contributed by atoms with Crippen molar-refractivity contribution in [1.29, 1.82) is 0 Å². The summed E-state index contributed by atoms with van der Waals surface area (Å²) in [7, 11) is 0. The largest absolute Gasteiger partial charge is 0.393 e. The molecule has 1 saturated heterocycles. The molecule has 1 aliphatic heterocycles. The molecule has 4 nitrogen and oxygen atoms in total. The number of aliphatic hydroxyl groups excluding tert-OH is 1. The molecule has 2 fully saturated rings. The van der Waals surface area contributed by atoms with E-state index in [4.69, 9.17) is 0 Å². The third kappa shape index (κ3) is 4.40. The fourth-order valence-electron chi connectivity index (χ4n) is 3.94. The molecule has 154 valence electrons. The second kappa shape index (κ2) is 8.06. The van der Waals surface area contributed by atoms with Gasteiger partial charge in [-0.25, -0.2) is 13.2 Å². The van der Waals surface area contributed by atoms with Gasteiger partial charge in [0.15, 0.2) is 11.6 Å². The van der Waals surface area contributed by atoms with Crippen LogP contribution in [0.25, 0.3) is 0 Å². The SMILES string of the molecule is O=C(NCc1ccc(N2CCC(O)CC2)c(F)c1)[C@@H]1C[C@H]1c1ccc(F)c(F)c1. The maximum atomic E-state index is 14.5. The maximum absolute atomic E-state index is 14.5. The first-order chi connectivity index (χ1) is 13.9. The van der Waals surface area contributed by atoms with Crippen LogP contribution in [0.15, 0.2) is 36.4 Å². The van der Waals surface area contributed by atoms with Crippen LogP contribution in [0.5, 0.6) is 0 Å². The van der Waals surface area contributed by atoms with E-state index in [1.807, 2.05) is 4.90 Å². The number of benzene rings is 2. The summed E-state index contributed by atoms with van der Waals surface area (Å²) >= 11 is 0. The number of carbonyl (C=O) groups is 1. The van der Waals surface area contributed by atoms with Crippen molar-refractivity contribution in [2.24, 2.45) is 5.92 Å². The maximum Gasteiger partial charge on any atom is 0.224 e. The molecule has 1 amide bonds. The van der Waals surface area contributed by atoms with Gasteiger partial charge >= 0.3 is 0 Å². The van der Waals surface area contributed by atoms with Gasteiger partial charge < -0.3 is 15.3 Å². The number of rotatable bonds is 5. The standard InChI is InChI=1S/C22H23F3N2O2/c23-18-3-2-14(10-19(18)24)16-11-17(16)22(29)26-12-13-1-4-21(20(25)9-13)27-7-5-15(28)6-8-27/h1-4,9-10,15-17,28H,5-8,11-12H2,(H,26,29)/t16-,17+/m0/s1. The van der Waals surface area contributed by atoms with Gasteiger partial charge in [0.05, 0.1) is 11.8 Å². The van der Waals surface area contributed by atoms with E-state index in [0.717, 1.165) is 12.1 Å². The predicted molar refractivity (Wildman–Crippen MR) is 103 cm³/mol. The van der Waals surface area contributed by atoms with E-state index in [-0.39, 0.29) is 36.2 Å². The molecule has 29 heavy (non-hydrogen) atoms. The molecule has 0 aromatic heterocycles. The van der Waals surface area contributed by atoms with Gasteiger partial charge in [0.1, 0.15) is 5.82 Å². The highest BCUT2D eigenvalue weighted by molar-refractivity contribution is 5.82. The molecule has 2 N–H and O–H groups in total. The quantitative estimate of drug-likeness (QED) is 0.802. The number of halogens is 3. The van der Waals surface area contributed by atoms with Gasteiger partial charge in [0, 0.05) is 25.6 Å². The lowest BCUT2D eigenvalue weighted by Crippen LogP contribution is -2.36. The number of aliphatic hydroxyl groups is 1. The summed E-state index contributed by atoms with van der Waals surface area (Å²) in [5.41, 5.74) is 1.78. The monoisotopic (exact) mass is 404 g/mol. The molecule has 2 atom stereocenters. The summed E-state index contributed by atoms with van der Waals surface area (Å²) in [5.74, 6) is -2.72. The molecule has 0 radical (unpaired) electrons. The van der Waals surface area contributed by atoms with Crippen LogP contribution in [0.4, 0.5) is 18.9 Å². The first-order valence-electron chi connectivity index (χ1n) is 9.86. The van der Waals surface area contributed by atoms with Gasteiger partial charge in [-0.15, -0.1) is 0 Å². The number of carbonyl (C=O) groups excluding carboxylic acids is 1. The zero-order valence-electron chi connectivity index (χ0n) is 15.9. The summed E-state index contributed by atoms with van der Waals surface area (Å²) in [4.78, 5) is 14.3. The Kier molecular flexibility index (Phi) is 5.50. The summed E-state index contributed by atoms with van der Waals surface area (Å²) < 4.78 is 40.9. The van der Waals surface area contributed by atoms with E-state index in [2.05, 4.69) is 5.32 Å². The average Bonchev–Trinajstić information content (AvgIpc) is 3.50. The lowest BCUT2D eigenvalue weighted by molar-refractivity contribution is -0.122. The van der Waals surface area contributed by atoms with Crippen molar-refractivity contribution in [3.8, 4) is 0 Å². The number of hydrogen-bond donors (Lipinski definition) is 2. The lowest BCUT2D eigenvalue weighted by Gasteiger charge is -2.31. The molecular formula is C22H23F3N2O2. The zero-order chi connectivity index (χ0) is 20.5. The minimum absolute atomic E-state index is 0.112. The highest BCUT2D eigenvalue weighted by atomic mass is 19.2. The van der Waals surface area contributed by atoms with Crippen molar-refractivity contribution in [1.82, 2.24) is 5.32 Å². The topological polar surface area (TPSA) is 52.6 Å². The van der Waals surface area contributed by atoms with Gasteiger partial charge in [-0.05, 0) is 60.6 Å². The normalized spacial score (nSPS) is 21.9. The molecule has 2 aliphatic rings. The zero-order valence-corrected chi connectivity index (χ0v) is 15.9. The van der Waals surface area contributed by atoms with E-state index < -0.39 is 11.6 Å². The Morgan fingerprint density at radius 3 is 2.48 bits per heavy atom. The van der Waals surface area contributed by atoms with Crippen molar-refractivity contribution >= 4 is 11.6 Å². The van der Waals surface area contributed by atoms with Crippen LogP contribution in [0.3, 0.4) is 0 Å². The van der Waals surface area contributed by atoms with Crippen molar-refractivity contribution in [3.05, 3.63) is 65.0 Å². The average molecular weight is 404 g/mol. The first kappa shape index (κ1) is 19.8. The predicted octanol–water partition coefficient (Wildman–Crippen LogP) is 3.48. The van der Waals surface area contributed by atoms with E-state index in [9.17, 15) is 23.1 Å². The third-order valence-electron chi connectivity index (χ3n) is 5.78. The molecule has 1 heterocycles. The highest BCUT2D eigenvalue weighted by Gasteiger charge is 2.44. The van der Waals surface area contributed by atoms with Gasteiger partial charge in [-0.1, -0.05) is 12.1 Å². The number of hydrogen-bond acceptors (Lipinski definition) is 3.